The second-order valence-corrected chi connectivity index (χ2v) is 5.26. The van der Waals surface area contributed by atoms with E-state index in [0.717, 1.165) is 38.1 Å². The van der Waals surface area contributed by atoms with Crippen molar-refractivity contribution in [2.24, 2.45) is 0 Å². The lowest BCUT2D eigenvalue weighted by Crippen LogP contribution is -2.40. The maximum Gasteiger partial charge on any atom is 0.312 e. The summed E-state index contributed by atoms with van der Waals surface area (Å²) in [4.78, 5) is 13.7. The quantitative estimate of drug-likeness (QED) is 0.867. The summed E-state index contributed by atoms with van der Waals surface area (Å²) < 4.78 is 5.63. The number of benzene rings is 1. The van der Waals surface area contributed by atoms with E-state index in [9.17, 15) is 9.90 Å². The number of piperidine rings is 1. The van der Waals surface area contributed by atoms with Crippen LogP contribution in [0, 0.1) is 0 Å². The van der Waals surface area contributed by atoms with Crippen LogP contribution < -0.4 is 0 Å². The van der Waals surface area contributed by atoms with Crippen LogP contribution in [-0.2, 0) is 9.53 Å². The Kier molecular flexibility index (Phi) is 5.56. The van der Waals surface area contributed by atoms with Gasteiger partial charge in [-0.05, 0) is 25.3 Å². The number of carboxylic acid groups (broad SMARTS) is 1. The summed E-state index contributed by atoms with van der Waals surface area (Å²) in [6.07, 6.45) is 2.33. The van der Waals surface area contributed by atoms with Gasteiger partial charge in [-0.2, -0.15) is 0 Å². The van der Waals surface area contributed by atoms with Gasteiger partial charge in [0.05, 0.1) is 12.0 Å². The summed E-state index contributed by atoms with van der Waals surface area (Å²) in [5.41, 5.74) is 0.881. The molecule has 0 aliphatic carbocycles. The lowest BCUT2D eigenvalue weighted by atomic mass is 9.97. The molecular weight excluding hydrogens is 254 g/mol. The van der Waals surface area contributed by atoms with E-state index in [1.165, 1.54) is 0 Å². The molecule has 1 aliphatic heterocycles. The Balaban J connectivity index is 1.92. The van der Waals surface area contributed by atoms with Crippen LogP contribution in [0.1, 0.15) is 31.2 Å². The number of carboxylic acids is 1. The van der Waals surface area contributed by atoms with Crippen molar-refractivity contribution in [3.63, 3.8) is 0 Å². The van der Waals surface area contributed by atoms with E-state index in [4.69, 9.17) is 4.74 Å². The van der Waals surface area contributed by atoms with Gasteiger partial charge in [-0.25, -0.2) is 0 Å². The largest absolute Gasteiger partial charge is 0.481 e. The maximum absolute atomic E-state index is 11.5. The van der Waals surface area contributed by atoms with Gasteiger partial charge in [0, 0.05) is 26.2 Å². The second kappa shape index (κ2) is 7.41. The highest BCUT2D eigenvalue weighted by Gasteiger charge is 2.26. The van der Waals surface area contributed by atoms with Gasteiger partial charge >= 0.3 is 5.97 Å². The monoisotopic (exact) mass is 277 g/mol. The predicted molar refractivity (Wildman–Crippen MR) is 77.9 cm³/mol. The fourth-order valence-electron chi connectivity index (χ4n) is 2.76. The molecule has 1 unspecified atom stereocenters. The molecule has 0 aromatic heterocycles. The molecule has 1 atom stereocenters. The first-order valence-corrected chi connectivity index (χ1v) is 7.32. The number of hydrogen-bond acceptors (Lipinski definition) is 3. The van der Waals surface area contributed by atoms with Crippen molar-refractivity contribution in [3.8, 4) is 0 Å². The molecule has 1 fully saturated rings. The van der Waals surface area contributed by atoms with Gasteiger partial charge in [0.15, 0.2) is 0 Å². The Hall–Kier alpha value is -1.39. The molecule has 4 heteroatoms. The lowest BCUT2D eigenvalue weighted by molar-refractivity contribution is -0.139. The Morgan fingerprint density at radius 3 is 2.55 bits per heavy atom. The molecule has 0 spiro atoms. The minimum Gasteiger partial charge on any atom is -0.481 e. The topological polar surface area (TPSA) is 49.8 Å². The van der Waals surface area contributed by atoms with E-state index in [1.54, 1.807) is 0 Å². The zero-order chi connectivity index (χ0) is 14.4. The number of aliphatic carboxylic acids is 1. The Bertz CT molecular complexity index is 413. The van der Waals surface area contributed by atoms with Crippen molar-refractivity contribution in [1.29, 1.82) is 0 Å². The van der Waals surface area contributed by atoms with Crippen LogP contribution in [-0.4, -0.2) is 48.3 Å². The van der Waals surface area contributed by atoms with Crippen LogP contribution in [0.5, 0.6) is 0 Å². The molecule has 1 aliphatic rings. The second-order valence-electron chi connectivity index (χ2n) is 5.26. The highest BCUT2D eigenvalue weighted by atomic mass is 16.5. The molecule has 0 saturated carbocycles. The lowest BCUT2D eigenvalue weighted by Gasteiger charge is -2.33. The highest BCUT2D eigenvalue weighted by Crippen LogP contribution is 2.21. The molecule has 0 amide bonds. The summed E-state index contributed by atoms with van der Waals surface area (Å²) in [7, 11) is 0. The molecule has 20 heavy (non-hydrogen) atoms. The molecular formula is C16H23NO3. The minimum absolute atomic E-state index is 0.344. The van der Waals surface area contributed by atoms with Crippen molar-refractivity contribution in [2.75, 3.05) is 26.2 Å². The van der Waals surface area contributed by atoms with Gasteiger partial charge in [-0.15, -0.1) is 0 Å². The SMILES string of the molecule is CCOC1CCN(CC(C(=O)O)c2ccccc2)CC1. The van der Waals surface area contributed by atoms with Crippen molar-refractivity contribution < 1.29 is 14.6 Å². The fraction of sp³-hybridized carbons (Fsp3) is 0.562. The number of carbonyl (C=O) groups is 1. The van der Waals surface area contributed by atoms with E-state index >= 15 is 0 Å². The van der Waals surface area contributed by atoms with E-state index in [0.29, 0.717) is 12.6 Å². The average Bonchev–Trinajstić information content (AvgIpc) is 2.47. The first-order chi connectivity index (χ1) is 9.70. The zero-order valence-electron chi connectivity index (χ0n) is 12.0. The van der Waals surface area contributed by atoms with E-state index in [2.05, 4.69) is 4.90 Å². The third kappa shape index (κ3) is 4.05. The van der Waals surface area contributed by atoms with Crippen LogP contribution >= 0.6 is 0 Å². The molecule has 1 aromatic carbocycles. The Labute approximate surface area is 120 Å². The molecule has 0 radical (unpaired) electrons. The first kappa shape index (κ1) is 15.0. The number of likely N-dealkylation sites (tertiary alicyclic amines) is 1. The molecule has 1 N–H and O–H groups in total. The molecule has 0 bridgehead atoms. The normalized spacial score (nSPS) is 18.9. The standard InChI is InChI=1S/C16H23NO3/c1-2-20-14-8-10-17(11-9-14)12-15(16(18)19)13-6-4-3-5-7-13/h3-7,14-15H,2,8-12H2,1H3,(H,18,19). The number of ether oxygens (including phenoxy) is 1. The Morgan fingerprint density at radius 2 is 2.00 bits per heavy atom. The summed E-state index contributed by atoms with van der Waals surface area (Å²) in [5, 5.41) is 9.44. The van der Waals surface area contributed by atoms with E-state index < -0.39 is 11.9 Å². The summed E-state index contributed by atoms with van der Waals surface area (Å²) in [6, 6.07) is 9.49. The first-order valence-electron chi connectivity index (χ1n) is 7.32. The highest BCUT2D eigenvalue weighted by molar-refractivity contribution is 5.76. The molecule has 1 aromatic rings. The molecule has 110 valence electrons. The summed E-state index contributed by atoms with van der Waals surface area (Å²) in [6.45, 7) is 5.19. The molecule has 4 nitrogen and oxygen atoms in total. The maximum atomic E-state index is 11.5. The Morgan fingerprint density at radius 1 is 1.35 bits per heavy atom. The third-order valence-corrected chi connectivity index (χ3v) is 3.88. The predicted octanol–water partition coefficient (Wildman–Crippen LogP) is 2.36. The third-order valence-electron chi connectivity index (χ3n) is 3.88. The summed E-state index contributed by atoms with van der Waals surface area (Å²) in [5.74, 6) is -1.19. The fourth-order valence-corrected chi connectivity index (χ4v) is 2.76. The number of nitrogens with zero attached hydrogens (tertiary/aromatic N) is 1. The number of hydrogen-bond donors (Lipinski definition) is 1. The van der Waals surface area contributed by atoms with Gasteiger partial charge < -0.3 is 14.7 Å². The average molecular weight is 277 g/mol. The van der Waals surface area contributed by atoms with Crippen LogP contribution in [0.3, 0.4) is 0 Å². The van der Waals surface area contributed by atoms with Crippen LogP contribution in [0.15, 0.2) is 30.3 Å². The van der Waals surface area contributed by atoms with Crippen LogP contribution in [0.4, 0.5) is 0 Å². The zero-order valence-corrected chi connectivity index (χ0v) is 12.0. The van der Waals surface area contributed by atoms with Crippen molar-refractivity contribution >= 4 is 5.97 Å². The van der Waals surface area contributed by atoms with E-state index in [-0.39, 0.29) is 0 Å². The molecule has 1 heterocycles. The van der Waals surface area contributed by atoms with Gasteiger partial charge in [0.25, 0.3) is 0 Å². The van der Waals surface area contributed by atoms with Crippen LogP contribution in [0.25, 0.3) is 0 Å². The van der Waals surface area contributed by atoms with Gasteiger partial charge in [-0.1, -0.05) is 30.3 Å². The molecule has 2 rings (SSSR count). The number of rotatable bonds is 6. The minimum atomic E-state index is -0.747. The van der Waals surface area contributed by atoms with Crippen molar-refractivity contribution in [1.82, 2.24) is 4.90 Å². The smallest absolute Gasteiger partial charge is 0.312 e. The van der Waals surface area contributed by atoms with E-state index in [1.807, 2.05) is 37.3 Å². The molecule has 1 saturated heterocycles. The van der Waals surface area contributed by atoms with Gasteiger partial charge in [0.2, 0.25) is 0 Å². The van der Waals surface area contributed by atoms with Gasteiger partial charge in [-0.3, -0.25) is 4.79 Å². The van der Waals surface area contributed by atoms with Crippen LogP contribution in [0.2, 0.25) is 0 Å². The van der Waals surface area contributed by atoms with Gasteiger partial charge in [0.1, 0.15) is 0 Å². The van der Waals surface area contributed by atoms with Crippen molar-refractivity contribution in [2.45, 2.75) is 31.8 Å². The summed E-state index contributed by atoms with van der Waals surface area (Å²) >= 11 is 0. The van der Waals surface area contributed by atoms with Crippen molar-refractivity contribution in [3.05, 3.63) is 35.9 Å².